The lowest BCUT2D eigenvalue weighted by Gasteiger charge is -2.09. The van der Waals surface area contributed by atoms with Gasteiger partial charge in [-0.3, -0.25) is 4.57 Å². The summed E-state index contributed by atoms with van der Waals surface area (Å²) in [5.74, 6) is 2.00. The molecule has 0 aliphatic heterocycles. The van der Waals surface area contributed by atoms with E-state index in [1.165, 1.54) is 5.56 Å². The molecule has 154 valence electrons. The van der Waals surface area contributed by atoms with E-state index in [9.17, 15) is 0 Å². The molecule has 0 amide bonds. The van der Waals surface area contributed by atoms with Gasteiger partial charge in [0.15, 0.2) is 11.0 Å². The van der Waals surface area contributed by atoms with Crippen LogP contribution in [-0.2, 0) is 17.0 Å². The van der Waals surface area contributed by atoms with Crippen molar-refractivity contribution in [3.8, 4) is 22.8 Å². The number of thioether (sulfide) groups is 1. The average molecular weight is 441 g/mol. The van der Waals surface area contributed by atoms with E-state index < -0.39 is 0 Å². The molecule has 6 nitrogen and oxygen atoms in total. The second kappa shape index (κ2) is 9.47. The molecule has 0 saturated carbocycles. The Morgan fingerprint density at radius 2 is 1.93 bits per heavy atom. The molecule has 2 heterocycles. The van der Waals surface area contributed by atoms with E-state index in [1.54, 1.807) is 25.1 Å². The van der Waals surface area contributed by atoms with Crippen molar-refractivity contribution in [2.45, 2.75) is 24.4 Å². The fourth-order valence-corrected chi connectivity index (χ4v) is 4.08. The highest BCUT2D eigenvalue weighted by Crippen LogP contribution is 2.28. The zero-order valence-corrected chi connectivity index (χ0v) is 18.3. The van der Waals surface area contributed by atoms with Crippen molar-refractivity contribution in [1.82, 2.24) is 19.7 Å². The van der Waals surface area contributed by atoms with Crippen LogP contribution in [0.2, 0.25) is 5.02 Å². The van der Waals surface area contributed by atoms with Crippen LogP contribution in [0.15, 0.2) is 64.4 Å². The molecular formula is C22H21ClN4O2S. The Labute approximate surface area is 184 Å². The Hall–Kier alpha value is -2.61. The summed E-state index contributed by atoms with van der Waals surface area (Å²) in [5.41, 5.74) is 3.89. The van der Waals surface area contributed by atoms with Crippen molar-refractivity contribution < 1.29 is 9.15 Å². The molecule has 0 unspecified atom stereocenters. The van der Waals surface area contributed by atoms with Crippen LogP contribution in [0.4, 0.5) is 0 Å². The number of nitrogens with zero attached hydrogens (tertiary/aromatic N) is 4. The molecule has 0 spiro atoms. The van der Waals surface area contributed by atoms with Gasteiger partial charge in [0.25, 0.3) is 0 Å². The summed E-state index contributed by atoms with van der Waals surface area (Å²) in [6, 6.07) is 15.7. The summed E-state index contributed by atoms with van der Waals surface area (Å²) in [6.45, 7) is 3.31. The molecule has 0 aliphatic carbocycles. The first-order valence-electron chi connectivity index (χ1n) is 9.46. The molecule has 0 aliphatic rings. The fourth-order valence-electron chi connectivity index (χ4n) is 3.04. The van der Waals surface area contributed by atoms with Crippen LogP contribution >= 0.6 is 23.4 Å². The Kier molecular flexibility index (Phi) is 6.52. The molecule has 2 aromatic heterocycles. The van der Waals surface area contributed by atoms with Gasteiger partial charge < -0.3 is 9.15 Å². The predicted molar refractivity (Wildman–Crippen MR) is 119 cm³/mol. The minimum absolute atomic E-state index is 0.550. The van der Waals surface area contributed by atoms with E-state index in [2.05, 4.69) is 38.8 Å². The average Bonchev–Trinajstić information content (AvgIpc) is 3.38. The molecule has 0 bridgehead atoms. The van der Waals surface area contributed by atoms with Crippen LogP contribution < -0.4 is 0 Å². The summed E-state index contributed by atoms with van der Waals surface area (Å²) in [5, 5.41) is 10.3. The van der Waals surface area contributed by atoms with Crippen molar-refractivity contribution in [2.24, 2.45) is 0 Å². The Morgan fingerprint density at radius 3 is 2.73 bits per heavy atom. The van der Waals surface area contributed by atoms with Crippen LogP contribution in [0.5, 0.6) is 0 Å². The van der Waals surface area contributed by atoms with E-state index in [4.69, 9.17) is 20.8 Å². The van der Waals surface area contributed by atoms with Crippen molar-refractivity contribution in [3.63, 3.8) is 0 Å². The molecule has 0 atom stereocenters. The predicted octanol–water partition coefficient (Wildman–Crippen LogP) is 5.50. The minimum atomic E-state index is 0.550. The topological polar surface area (TPSA) is 66.0 Å². The van der Waals surface area contributed by atoms with Crippen LogP contribution in [0, 0.1) is 6.92 Å². The lowest BCUT2D eigenvalue weighted by molar-refractivity contribution is 0.185. The van der Waals surface area contributed by atoms with Gasteiger partial charge in [-0.2, -0.15) is 0 Å². The molecule has 4 rings (SSSR count). The van der Waals surface area contributed by atoms with Gasteiger partial charge in [0.2, 0.25) is 5.89 Å². The van der Waals surface area contributed by atoms with E-state index in [0.717, 1.165) is 27.8 Å². The molecule has 30 heavy (non-hydrogen) atoms. The number of ether oxygens (including phenoxy) is 1. The lowest BCUT2D eigenvalue weighted by atomic mass is 10.1. The number of hydrogen-bond acceptors (Lipinski definition) is 6. The normalized spacial score (nSPS) is 11.2. The largest absolute Gasteiger partial charge is 0.444 e. The highest BCUT2D eigenvalue weighted by Gasteiger charge is 2.16. The molecule has 0 radical (unpaired) electrons. The summed E-state index contributed by atoms with van der Waals surface area (Å²) in [4.78, 5) is 4.58. The Balaban J connectivity index is 1.53. The van der Waals surface area contributed by atoms with Crippen LogP contribution in [0.3, 0.4) is 0 Å². The summed E-state index contributed by atoms with van der Waals surface area (Å²) >= 11 is 7.63. The van der Waals surface area contributed by atoms with E-state index >= 15 is 0 Å². The number of oxazole rings is 1. The van der Waals surface area contributed by atoms with Gasteiger partial charge in [0.05, 0.1) is 18.8 Å². The third-order valence-electron chi connectivity index (χ3n) is 4.48. The smallest absolute Gasteiger partial charge is 0.226 e. The first-order chi connectivity index (χ1) is 14.6. The van der Waals surface area contributed by atoms with E-state index in [1.807, 2.05) is 36.4 Å². The van der Waals surface area contributed by atoms with Gasteiger partial charge in [-0.15, -0.1) is 10.2 Å². The van der Waals surface area contributed by atoms with Gasteiger partial charge in [-0.25, -0.2) is 4.98 Å². The minimum Gasteiger partial charge on any atom is -0.444 e. The number of methoxy groups -OCH3 is 1. The second-order valence-electron chi connectivity index (χ2n) is 6.76. The molecule has 0 saturated heterocycles. The molecule has 0 N–H and O–H groups in total. The maximum atomic E-state index is 6.06. The Morgan fingerprint density at radius 1 is 1.10 bits per heavy atom. The number of aromatic nitrogens is 4. The summed E-state index contributed by atoms with van der Waals surface area (Å²) < 4.78 is 13.0. The number of hydrogen-bond donors (Lipinski definition) is 0. The highest BCUT2D eigenvalue weighted by molar-refractivity contribution is 7.98. The quantitative estimate of drug-likeness (QED) is 0.337. The zero-order valence-electron chi connectivity index (χ0n) is 16.7. The van der Waals surface area contributed by atoms with Crippen LogP contribution in [0.1, 0.15) is 11.3 Å². The van der Waals surface area contributed by atoms with Gasteiger partial charge in [0, 0.05) is 29.0 Å². The zero-order chi connectivity index (χ0) is 20.9. The maximum absolute atomic E-state index is 6.06. The highest BCUT2D eigenvalue weighted by atomic mass is 35.5. The monoisotopic (exact) mass is 440 g/mol. The van der Waals surface area contributed by atoms with Crippen molar-refractivity contribution >= 4 is 23.4 Å². The summed E-state index contributed by atoms with van der Waals surface area (Å²) in [7, 11) is 1.69. The summed E-state index contributed by atoms with van der Waals surface area (Å²) in [6.07, 6.45) is 1.67. The maximum Gasteiger partial charge on any atom is 0.226 e. The SMILES string of the molecule is COCCn1c(SCc2coc(-c3cccc(Cl)c3)n2)nnc1-c1cccc(C)c1. The van der Waals surface area contributed by atoms with Crippen LogP contribution in [0.25, 0.3) is 22.8 Å². The van der Waals surface area contributed by atoms with Crippen molar-refractivity contribution in [2.75, 3.05) is 13.7 Å². The van der Waals surface area contributed by atoms with Crippen molar-refractivity contribution in [3.05, 3.63) is 71.1 Å². The molecular weight excluding hydrogens is 420 g/mol. The van der Waals surface area contributed by atoms with Crippen LogP contribution in [-0.4, -0.2) is 33.5 Å². The standard InChI is InChI=1S/C22H21ClN4O2S/c1-15-5-3-6-16(11-15)20-25-26-22(27(20)9-10-28-2)30-14-19-13-29-21(24-19)17-7-4-8-18(23)12-17/h3-8,11-13H,9-10,14H2,1-2H3. The van der Waals surface area contributed by atoms with Gasteiger partial charge >= 0.3 is 0 Å². The molecule has 0 fully saturated rings. The third kappa shape index (κ3) is 4.75. The molecule has 4 aromatic rings. The van der Waals surface area contributed by atoms with Gasteiger partial charge in [-0.1, -0.05) is 53.2 Å². The van der Waals surface area contributed by atoms with Gasteiger partial charge in [0.1, 0.15) is 6.26 Å². The third-order valence-corrected chi connectivity index (χ3v) is 5.72. The van der Waals surface area contributed by atoms with E-state index in [-0.39, 0.29) is 0 Å². The number of halogens is 1. The van der Waals surface area contributed by atoms with Crippen molar-refractivity contribution in [1.29, 1.82) is 0 Å². The number of benzene rings is 2. The molecule has 8 heteroatoms. The number of aryl methyl sites for hydroxylation is 1. The molecule has 2 aromatic carbocycles. The first-order valence-corrected chi connectivity index (χ1v) is 10.8. The van der Waals surface area contributed by atoms with Gasteiger partial charge in [-0.05, 0) is 31.2 Å². The lowest BCUT2D eigenvalue weighted by Crippen LogP contribution is -2.07. The Bertz CT molecular complexity index is 1140. The second-order valence-corrected chi connectivity index (χ2v) is 8.14. The fraction of sp³-hybridized carbons (Fsp3) is 0.227. The van der Waals surface area contributed by atoms with E-state index in [0.29, 0.717) is 29.8 Å². The first kappa shape index (κ1) is 20.7. The number of rotatable bonds is 8.